The lowest BCUT2D eigenvalue weighted by atomic mass is 9.96. The van der Waals surface area contributed by atoms with Gasteiger partial charge in [-0.3, -0.25) is 4.99 Å². The third kappa shape index (κ3) is 6.66. The van der Waals surface area contributed by atoms with Gasteiger partial charge >= 0.3 is 0 Å². The molecule has 0 aromatic heterocycles. The molecular formula is C16H33N5. The van der Waals surface area contributed by atoms with Crippen LogP contribution in [0.3, 0.4) is 0 Å². The standard InChI is InChI=1S/C16H33N5/c1-20-11-13-21(14-12-20)10-6-5-9-18-16(17)19-15-7-3-2-4-8-15/h15H,2-14H2,1H3,(H3,17,18,19). The van der Waals surface area contributed by atoms with E-state index in [0.29, 0.717) is 12.0 Å². The van der Waals surface area contributed by atoms with Crippen LogP contribution in [0.5, 0.6) is 0 Å². The molecule has 0 unspecified atom stereocenters. The van der Waals surface area contributed by atoms with Crippen molar-refractivity contribution in [3.8, 4) is 0 Å². The average Bonchev–Trinajstić information content (AvgIpc) is 2.50. The number of likely N-dealkylation sites (N-methyl/N-ethyl adjacent to an activating group) is 1. The second kappa shape index (κ2) is 9.26. The van der Waals surface area contributed by atoms with Crippen molar-refractivity contribution < 1.29 is 0 Å². The van der Waals surface area contributed by atoms with Gasteiger partial charge in [0.25, 0.3) is 0 Å². The number of hydrogen-bond acceptors (Lipinski definition) is 3. The Morgan fingerprint density at radius 2 is 1.81 bits per heavy atom. The summed E-state index contributed by atoms with van der Waals surface area (Å²) in [5.41, 5.74) is 5.97. The molecular weight excluding hydrogens is 262 g/mol. The van der Waals surface area contributed by atoms with Crippen molar-refractivity contribution in [1.82, 2.24) is 15.1 Å². The lowest BCUT2D eigenvalue weighted by molar-refractivity contribution is 0.152. The van der Waals surface area contributed by atoms with Gasteiger partial charge in [-0.2, -0.15) is 0 Å². The molecule has 1 aliphatic carbocycles. The first-order valence-electron chi connectivity index (χ1n) is 8.71. The van der Waals surface area contributed by atoms with Crippen molar-refractivity contribution in [2.45, 2.75) is 51.0 Å². The number of nitrogens with one attached hydrogen (secondary N) is 1. The third-order valence-corrected chi connectivity index (χ3v) is 4.72. The van der Waals surface area contributed by atoms with Gasteiger partial charge in [0, 0.05) is 38.8 Å². The van der Waals surface area contributed by atoms with Gasteiger partial charge in [0.2, 0.25) is 0 Å². The zero-order valence-corrected chi connectivity index (χ0v) is 13.7. The van der Waals surface area contributed by atoms with E-state index >= 15 is 0 Å². The molecule has 0 amide bonds. The maximum atomic E-state index is 5.97. The Bertz CT molecular complexity index is 304. The first-order valence-corrected chi connectivity index (χ1v) is 8.71. The summed E-state index contributed by atoms with van der Waals surface area (Å²) in [6.45, 7) is 6.90. The minimum atomic E-state index is 0.563. The summed E-state index contributed by atoms with van der Waals surface area (Å²) in [5.74, 6) is 0.654. The molecule has 3 N–H and O–H groups in total. The highest BCUT2D eigenvalue weighted by molar-refractivity contribution is 5.78. The van der Waals surface area contributed by atoms with Crippen molar-refractivity contribution in [1.29, 1.82) is 0 Å². The molecule has 1 saturated carbocycles. The van der Waals surface area contributed by atoms with Gasteiger partial charge in [0.1, 0.15) is 0 Å². The molecule has 0 aromatic carbocycles. The van der Waals surface area contributed by atoms with Crippen LogP contribution in [-0.4, -0.2) is 68.1 Å². The summed E-state index contributed by atoms with van der Waals surface area (Å²) < 4.78 is 0. The highest BCUT2D eigenvalue weighted by atomic mass is 15.2. The van der Waals surface area contributed by atoms with Gasteiger partial charge < -0.3 is 20.9 Å². The first-order chi connectivity index (χ1) is 10.2. The van der Waals surface area contributed by atoms with E-state index in [1.54, 1.807) is 0 Å². The number of nitrogens with zero attached hydrogens (tertiary/aromatic N) is 3. The van der Waals surface area contributed by atoms with Gasteiger partial charge in [0.05, 0.1) is 0 Å². The van der Waals surface area contributed by atoms with Crippen LogP contribution in [0.4, 0.5) is 0 Å². The van der Waals surface area contributed by atoms with E-state index in [0.717, 1.165) is 13.0 Å². The van der Waals surface area contributed by atoms with Crippen LogP contribution in [0.25, 0.3) is 0 Å². The number of piperazine rings is 1. The largest absolute Gasteiger partial charge is 0.370 e. The molecule has 21 heavy (non-hydrogen) atoms. The highest BCUT2D eigenvalue weighted by Crippen LogP contribution is 2.16. The number of unbranched alkanes of at least 4 members (excludes halogenated alkanes) is 1. The lowest BCUT2D eigenvalue weighted by Crippen LogP contribution is -2.44. The van der Waals surface area contributed by atoms with E-state index in [1.807, 2.05) is 0 Å². The fraction of sp³-hybridized carbons (Fsp3) is 0.938. The lowest BCUT2D eigenvalue weighted by Gasteiger charge is -2.32. The predicted octanol–water partition coefficient (Wildman–Crippen LogP) is 1.25. The van der Waals surface area contributed by atoms with Crippen LogP contribution in [0, 0.1) is 0 Å². The maximum Gasteiger partial charge on any atom is 0.188 e. The number of guanidine groups is 1. The summed E-state index contributed by atoms with van der Waals surface area (Å²) in [7, 11) is 2.20. The fourth-order valence-electron chi connectivity index (χ4n) is 3.22. The van der Waals surface area contributed by atoms with Crippen LogP contribution in [0.1, 0.15) is 44.9 Å². The Morgan fingerprint density at radius 3 is 2.52 bits per heavy atom. The van der Waals surface area contributed by atoms with Gasteiger partial charge in [-0.25, -0.2) is 0 Å². The molecule has 2 fully saturated rings. The molecule has 1 saturated heterocycles. The van der Waals surface area contributed by atoms with E-state index in [1.165, 1.54) is 71.2 Å². The van der Waals surface area contributed by atoms with Gasteiger partial charge in [-0.05, 0) is 39.3 Å². The number of aliphatic imine (C=N–C) groups is 1. The molecule has 122 valence electrons. The predicted molar refractivity (Wildman–Crippen MR) is 89.7 cm³/mol. The molecule has 5 heteroatoms. The summed E-state index contributed by atoms with van der Waals surface area (Å²) in [6.07, 6.45) is 8.90. The fourth-order valence-corrected chi connectivity index (χ4v) is 3.22. The quantitative estimate of drug-likeness (QED) is 0.440. The molecule has 2 aliphatic rings. The Morgan fingerprint density at radius 1 is 1.10 bits per heavy atom. The summed E-state index contributed by atoms with van der Waals surface area (Å²) in [6, 6.07) is 0.563. The summed E-state index contributed by atoms with van der Waals surface area (Å²) in [4.78, 5) is 9.43. The van der Waals surface area contributed by atoms with E-state index in [2.05, 4.69) is 27.2 Å². The molecule has 2 rings (SSSR count). The number of hydrogen-bond donors (Lipinski definition) is 2. The Balaban J connectivity index is 1.50. The van der Waals surface area contributed by atoms with Crippen molar-refractivity contribution in [2.24, 2.45) is 10.7 Å². The first kappa shape index (κ1) is 16.6. The zero-order chi connectivity index (χ0) is 14.9. The van der Waals surface area contributed by atoms with E-state index in [4.69, 9.17) is 5.73 Å². The minimum Gasteiger partial charge on any atom is -0.370 e. The van der Waals surface area contributed by atoms with Crippen molar-refractivity contribution in [3.63, 3.8) is 0 Å². The Hall–Kier alpha value is -0.810. The highest BCUT2D eigenvalue weighted by Gasteiger charge is 2.14. The van der Waals surface area contributed by atoms with Gasteiger partial charge in [-0.1, -0.05) is 19.3 Å². The third-order valence-electron chi connectivity index (χ3n) is 4.72. The molecule has 1 aliphatic heterocycles. The normalized spacial score (nSPS) is 23.4. The zero-order valence-electron chi connectivity index (χ0n) is 13.7. The molecule has 5 nitrogen and oxygen atoms in total. The van der Waals surface area contributed by atoms with Crippen LogP contribution >= 0.6 is 0 Å². The van der Waals surface area contributed by atoms with E-state index in [-0.39, 0.29) is 0 Å². The number of rotatable bonds is 6. The smallest absolute Gasteiger partial charge is 0.188 e. The molecule has 0 atom stereocenters. The van der Waals surface area contributed by atoms with Crippen LogP contribution in [0.15, 0.2) is 4.99 Å². The van der Waals surface area contributed by atoms with Crippen molar-refractivity contribution in [3.05, 3.63) is 0 Å². The van der Waals surface area contributed by atoms with E-state index < -0.39 is 0 Å². The van der Waals surface area contributed by atoms with Crippen molar-refractivity contribution in [2.75, 3.05) is 46.3 Å². The molecule has 0 radical (unpaired) electrons. The van der Waals surface area contributed by atoms with Crippen LogP contribution in [0.2, 0.25) is 0 Å². The van der Waals surface area contributed by atoms with Gasteiger partial charge in [-0.15, -0.1) is 0 Å². The molecule has 1 heterocycles. The molecule has 0 aromatic rings. The maximum absolute atomic E-state index is 5.97. The molecule has 0 bridgehead atoms. The second-order valence-electron chi connectivity index (χ2n) is 6.60. The van der Waals surface area contributed by atoms with E-state index in [9.17, 15) is 0 Å². The Labute approximate surface area is 130 Å². The van der Waals surface area contributed by atoms with Gasteiger partial charge in [0.15, 0.2) is 5.96 Å². The second-order valence-corrected chi connectivity index (χ2v) is 6.60. The molecule has 0 spiro atoms. The SMILES string of the molecule is CN1CCN(CCCCN=C(N)NC2CCCCC2)CC1. The Kier molecular flexibility index (Phi) is 7.30. The summed E-state index contributed by atoms with van der Waals surface area (Å²) >= 11 is 0. The monoisotopic (exact) mass is 295 g/mol. The topological polar surface area (TPSA) is 56.9 Å². The number of nitrogens with two attached hydrogens (primary N) is 1. The van der Waals surface area contributed by atoms with Crippen LogP contribution in [-0.2, 0) is 0 Å². The van der Waals surface area contributed by atoms with Crippen molar-refractivity contribution >= 4 is 5.96 Å². The minimum absolute atomic E-state index is 0.563. The average molecular weight is 295 g/mol. The summed E-state index contributed by atoms with van der Waals surface area (Å²) in [5, 5.41) is 3.38. The van der Waals surface area contributed by atoms with Crippen LogP contribution < -0.4 is 11.1 Å².